The number of hydrogen-bond acceptors (Lipinski definition) is 3. The number of rotatable bonds is 4. The average molecular weight is 443 g/mol. The van der Waals surface area contributed by atoms with E-state index >= 15 is 0 Å². The highest BCUT2D eigenvalue weighted by Crippen LogP contribution is 2.47. The van der Waals surface area contributed by atoms with Crippen LogP contribution in [0.4, 0.5) is 11.4 Å². The molecule has 2 aromatic carbocycles. The van der Waals surface area contributed by atoms with Gasteiger partial charge >= 0.3 is 0 Å². The molecule has 3 nitrogen and oxygen atoms in total. The first-order valence-corrected chi connectivity index (χ1v) is 11.2. The molecule has 32 heavy (non-hydrogen) atoms. The Kier molecular flexibility index (Phi) is 6.78. The molecule has 0 aliphatic carbocycles. The van der Waals surface area contributed by atoms with Crippen molar-refractivity contribution in [2.24, 2.45) is 4.99 Å². The topological polar surface area (TPSA) is 18.6 Å². The molecule has 0 radical (unpaired) electrons. The van der Waals surface area contributed by atoms with E-state index in [0.717, 1.165) is 0 Å². The number of thiocarbonyl (C=S) groups is 1. The van der Waals surface area contributed by atoms with Gasteiger partial charge in [-0.15, -0.1) is 13.2 Å². The third-order valence-electron chi connectivity index (χ3n) is 6.52. The predicted molar refractivity (Wildman–Crippen MR) is 141 cm³/mol. The van der Waals surface area contributed by atoms with Gasteiger partial charge in [-0.05, 0) is 43.8 Å². The normalized spacial score (nSPS) is 18.8. The maximum atomic E-state index is 4.83. The Morgan fingerprint density at radius 1 is 1.00 bits per heavy atom. The number of benzene rings is 2. The molecule has 4 rings (SSSR count). The van der Waals surface area contributed by atoms with E-state index in [-0.39, 0.29) is 10.8 Å². The van der Waals surface area contributed by atoms with Crippen LogP contribution < -0.4 is 4.90 Å². The van der Waals surface area contributed by atoms with Gasteiger partial charge in [0.05, 0.1) is 10.6 Å². The molecule has 0 saturated carbocycles. The molecule has 0 bridgehead atoms. The van der Waals surface area contributed by atoms with Crippen LogP contribution in [-0.4, -0.2) is 29.2 Å². The summed E-state index contributed by atoms with van der Waals surface area (Å²) in [4.78, 5) is 6.47. The van der Waals surface area contributed by atoms with Crippen molar-refractivity contribution in [1.29, 1.82) is 0 Å². The molecule has 0 aromatic heterocycles. The number of para-hydroxylation sites is 2. The molecule has 0 saturated heterocycles. The van der Waals surface area contributed by atoms with E-state index < -0.39 is 0 Å². The Balaban J connectivity index is 0.00000141. The summed E-state index contributed by atoms with van der Waals surface area (Å²) >= 11 is 4.83. The van der Waals surface area contributed by atoms with Crippen LogP contribution in [-0.2, 0) is 10.8 Å². The Hall–Kier alpha value is -3.07. The quantitative estimate of drug-likeness (QED) is 0.225. The molecular weight excluding hydrogens is 410 g/mol. The first kappa shape index (κ1) is 23.6. The minimum Gasteiger partial charge on any atom is -0.323 e. The van der Waals surface area contributed by atoms with Crippen LogP contribution in [0.3, 0.4) is 0 Å². The Labute approximate surface area is 197 Å². The fourth-order valence-corrected chi connectivity index (χ4v) is 4.98. The van der Waals surface area contributed by atoms with Crippen LogP contribution in [0.1, 0.15) is 38.8 Å². The Bertz CT molecular complexity index is 1160. The molecule has 164 valence electrons. The fraction of sp³-hybridized carbons (Fsp3) is 0.286. The van der Waals surface area contributed by atoms with Crippen molar-refractivity contribution in [3.63, 3.8) is 0 Å². The molecule has 4 heteroatoms. The highest BCUT2D eigenvalue weighted by atomic mass is 32.1. The summed E-state index contributed by atoms with van der Waals surface area (Å²) in [5.41, 5.74) is 7.50. The molecule has 0 amide bonds. The van der Waals surface area contributed by atoms with E-state index in [0.29, 0.717) is 6.67 Å². The van der Waals surface area contributed by atoms with E-state index in [1.165, 1.54) is 33.9 Å². The summed E-state index contributed by atoms with van der Waals surface area (Å²) in [5, 5.41) is 2.51. The summed E-state index contributed by atoms with van der Waals surface area (Å²) in [6.45, 7) is 15.6. The second-order valence-electron chi connectivity index (χ2n) is 8.96. The van der Waals surface area contributed by atoms with Crippen molar-refractivity contribution in [3.8, 4) is 0 Å². The van der Waals surface area contributed by atoms with E-state index in [1.54, 1.807) is 0 Å². The lowest BCUT2D eigenvalue weighted by molar-refractivity contribution is -0.401. The Morgan fingerprint density at radius 2 is 1.62 bits per heavy atom. The first-order valence-electron chi connectivity index (χ1n) is 10.8. The smallest absolute Gasteiger partial charge is 0.209 e. The van der Waals surface area contributed by atoms with Gasteiger partial charge in [0.25, 0.3) is 0 Å². The number of fused-ring (bicyclic) bond motifs is 2. The number of nitrogens with zero attached hydrogens (tertiary/aromatic N) is 3. The second-order valence-corrected chi connectivity index (χ2v) is 9.14. The zero-order chi connectivity index (χ0) is 23.5. The average Bonchev–Trinajstić information content (AvgIpc) is 3.13. The van der Waals surface area contributed by atoms with Crippen molar-refractivity contribution >= 4 is 34.5 Å². The minimum absolute atomic E-state index is 0.0320. The van der Waals surface area contributed by atoms with Crippen LogP contribution in [0.15, 0.2) is 90.6 Å². The van der Waals surface area contributed by atoms with Crippen LogP contribution in [0.25, 0.3) is 0 Å². The van der Waals surface area contributed by atoms with Crippen molar-refractivity contribution in [2.45, 2.75) is 38.5 Å². The summed E-state index contributed by atoms with van der Waals surface area (Å²) in [5.74, 6) is 0. The van der Waals surface area contributed by atoms with Gasteiger partial charge in [0, 0.05) is 34.5 Å². The molecule has 0 fully saturated rings. The second kappa shape index (κ2) is 9.20. The van der Waals surface area contributed by atoms with Gasteiger partial charge in [-0.3, -0.25) is 0 Å². The van der Waals surface area contributed by atoms with E-state index in [2.05, 4.69) is 134 Å². The van der Waals surface area contributed by atoms with Crippen LogP contribution in [0.5, 0.6) is 0 Å². The monoisotopic (exact) mass is 442 g/mol. The molecule has 0 unspecified atom stereocenters. The summed E-state index contributed by atoms with van der Waals surface area (Å²) in [6.07, 6.45) is 6.64. The molecule has 2 aliphatic heterocycles. The summed E-state index contributed by atoms with van der Waals surface area (Å²) < 4.78 is 2.30. The third-order valence-corrected chi connectivity index (χ3v) is 6.65. The van der Waals surface area contributed by atoms with Crippen LogP contribution in [0, 0.1) is 0 Å². The summed E-state index contributed by atoms with van der Waals surface area (Å²) in [7, 11) is 2.15. The maximum absolute atomic E-state index is 4.83. The van der Waals surface area contributed by atoms with Gasteiger partial charge in [0.2, 0.25) is 5.69 Å². The highest BCUT2D eigenvalue weighted by Gasteiger charge is 2.43. The van der Waals surface area contributed by atoms with Gasteiger partial charge in [-0.1, -0.05) is 56.3 Å². The number of anilines is 1. The SMILES string of the molecule is C=C.C[N+]1=C(/C=C/C=C2\N(CN=C=S)c3ccccc3C2(C)C)C(C)(C)c2ccccc21. The molecule has 2 aromatic rings. The predicted octanol–water partition coefficient (Wildman–Crippen LogP) is 6.79. The number of isothiocyanates is 1. The van der Waals surface area contributed by atoms with Gasteiger partial charge in [-0.25, -0.2) is 4.99 Å². The lowest BCUT2D eigenvalue weighted by Gasteiger charge is -2.25. The summed E-state index contributed by atoms with van der Waals surface area (Å²) in [6, 6.07) is 17.2. The third kappa shape index (κ3) is 3.81. The number of aliphatic imine (C=N–C) groups is 1. The molecule has 0 atom stereocenters. The zero-order valence-electron chi connectivity index (χ0n) is 19.7. The highest BCUT2D eigenvalue weighted by molar-refractivity contribution is 7.78. The molecule has 0 spiro atoms. The van der Waals surface area contributed by atoms with Gasteiger partial charge in [0.15, 0.2) is 5.71 Å². The first-order chi connectivity index (χ1) is 15.3. The molecular formula is C28H32N3S+. The molecule has 0 N–H and O–H groups in total. The van der Waals surface area contributed by atoms with E-state index in [4.69, 9.17) is 12.2 Å². The number of allylic oxidation sites excluding steroid dienone is 4. The standard InChI is InChI=1S/C26H28N3S.C2H4/c1-25(2)19-11-6-8-13-21(19)28(5)23(25)15-10-16-24-26(3,4)20-12-7-9-14-22(20)29(24)17-27-18-30;1-2/h6-16H,17H2,1-5H3;1-2H2/q+1;. The van der Waals surface area contributed by atoms with Gasteiger partial charge in [-0.2, -0.15) is 4.58 Å². The fourth-order valence-electron chi connectivity index (χ4n) is 4.93. The lowest BCUT2D eigenvalue weighted by Crippen LogP contribution is -2.27. The maximum Gasteiger partial charge on any atom is 0.209 e. The van der Waals surface area contributed by atoms with Crippen molar-refractivity contribution in [3.05, 3.63) is 96.7 Å². The largest absolute Gasteiger partial charge is 0.323 e. The van der Waals surface area contributed by atoms with E-state index in [9.17, 15) is 0 Å². The van der Waals surface area contributed by atoms with Crippen molar-refractivity contribution < 1.29 is 4.58 Å². The number of hydrogen-bond donors (Lipinski definition) is 0. The zero-order valence-corrected chi connectivity index (χ0v) is 20.5. The van der Waals surface area contributed by atoms with Crippen LogP contribution >= 0.6 is 12.2 Å². The van der Waals surface area contributed by atoms with Crippen molar-refractivity contribution in [1.82, 2.24) is 0 Å². The molecule has 2 aliphatic rings. The molecule has 2 heterocycles. The van der Waals surface area contributed by atoms with Gasteiger partial charge < -0.3 is 4.90 Å². The van der Waals surface area contributed by atoms with Crippen LogP contribution in [0.2, 0.25) is 0 Å². The van der Waals surface area contributed by atoms with Crippen molar-refractivity contribution in [2.75, 3.05) is 18.6 Å². The Morgan fingerprint density at radius 3 is 2.28 bits per heavy atom. The van der Waals surface area contributed by atoms with E-state index in [1.807, 2.05) is 0 Å². The minimum atomic E-state index is -0.108. The lowest BCUT2D eigenvalue weighted by atomic mass is 9.81. The van der Waals surface area contributed by atoms with Gasteiger partial charge in [0.1, 0.15) is 13.7 Å².